The molecule has 0 aromatic heterocycles. The second-order valence-corrected chi connectivity index (χ2v) is 6.60. The van der Waals surface area contributed by atoms with E-state index in [1.807, 2.05) is 0 Å². The fourth-order valence-electron chi connectivity index (χ4n) is 1.54. The van der Waals surface area contributed by atoms with Crippen LogP contribution in [0.4, 0.5) is 0 Å². The number of aliphatic hydroxyl groups excluding tert-OH is 1. The Balaban J connectivity index is 2.71. The van der Waals surface area contributed by atoms with Gasteiger partial charge in [0.25, 0.3) is 0 Å². The number of aliphatic hydroxyl groups is 1. The number of rotatable bonds is 9. The van der Waals surface area contributed by atoms with Gasteiger partial charge in [0.05, 0.1) is 11.5 Å². The molecule has 0 aliphatic carbocycles. The van der Waals surface area contributed by atoms with Crippen molar-refractivity contribution in [1.82, 2.24) is 4.72 Å². The van der Waals surface area contributed by atoms with Gasteiger partial charge in [-0.15, -0.1) is 0 Å². The Morgan fingerprint density at radius 1 is 1.19 bits per heavy atom. The minimum absolute atomic E-state index is 0.0734. The predicted molar refractivity (Wildman–Crippen MR) is 79.8 cm³/mol. The van der Waals surface area contributed by atoms with Gasteiger partial charge in [-0.2, -0.15) is 0 Å². The minimum atomic E-state index is -3.60. The number of nitrogens with one attached hydrogen (secondary N) is 1. The van der Waals surface area contributed by atoms with E-state index in [4.69, 9.17) is 14.6 Å². The van der Waals surface area contributed by atoms with E-state index in [-0.39, 0.29) is 23.5 Å². The third-order valence-electron chi connectivity index (χ3n) is 3.17. The van der Waals surface area contributed by atoms with E-state index in [2.05, 4.69) is 4.72 Å². The molecule has 1 rings (SSSR count). The lowest BCUT2D eigenvalue weighted by Crippen LogP contribution is -2.38. The summed E-state index contributed by atoms with van der Waals surface area (Å²) in [7, 11) is -2.02. The first kappa shape index (κ1) is 17.9. The van der Waals surface area contributed by atoms with Gasteiger partial charge < -0.3 is 14.6 Å². The van der Waals surface area contributed by atoms with Crippen LogP contribution in [0.25, 0.3) is 0 Å². The summed E-state index contributed by atoms with van der Waals surface area (Å²) in [5, 5.41) is 9.05. The molecule has 0 radical (unpaired) electrons. The Morgan fingerprint density at radius 3 is 2.33 bits per heavy atom. The zero-order valence-electron chi connectivity index (χ0n) is 12.6. The topological polar surface area (TPSA) is 84.9 Å². The van der Waals surface area contributed by atoms with Crippen LogP contribution in [-0.2, 0) is 14.8 Å². The van der Waals surface area contributed by atoms with E-state index in [1.165, 1.54) is 12.1 Å². The molecule has 2 N–H and O–H groups in total. The average molecular weight is 317 g/mol. The van der Waals surface area contributed by atoms with Crippen LogP contribution in [0, 0.1) is 5.92 Å². The van der Waals surface area contributed by atoms with Gasteiger partial charge in [-0.25, -0.2) is 13.1 Å². The van der Waals surface area contributed by atoms with E-state index < -0.39 is 10.0 Å². The molecule has 21 heavy (non-hydrogen) atoms. The van der Waals surface area contributed by atoms with Gasteiger partial charge in [0.2, 0.25) is 10.0 Å². The molecule has 2 atom stereocenters. The Morgan fingerprint density at radius 2 is 1.81 bits per heavy atom. The summed E-state index contributed by atoms with van der Waals surface area (Å²) in [5.74, 6) is 0.430. The smallest absolute Gasteiger partial charge is 0.240 e. The summed E-state index contributed by atoms with van der Waals surface area (Å²) >= 11 is 0. The highest BCUT2D eigenvalue weighted by Crippen LogP contribution is 2.17. The third-order valence-corrected chi connectivity index (χ3v) is 4.75. The molecule has 0 bridgehead atoms. The van der Waals surface area contributed by atoms with Crippen molar-refractivity contribution in [2.45, 2.75) is 24.8 Å². The molecular weight excluding hydrogens is 294 g/mol. The zero-order chi connectivity index (χ0) is 15.9. The van der Waals surface area contributed by atoms with E-state index >= 15 is 0 Å². The SMILES string of the molecule is COCCOc1ccc(S(=O)(=O)NC(C)C(C)CO)cc1. The van der Waals surface area contributed by atoms with E-state index in [0.717, 1.165) is 0 Å². The standard InChI is InChI=1S/C14H23NO5S/c1-11(10-16)12(2)15-21(17,18)14-6-4-13(5-7-14)20-9-8-19-3/h4-7,11-12,15-16H,8-10H2,1-3H3. The second-order valence-electron chi connectivity index (χ2n) is 4.88. The summed E-state index contributed by atoms with van der Waals surface area (Å²) in [6, 6.07) is 5.83. The quantitative estimate of drug-likeness (QED) is 0.664. The highest BCUT2D eigenvalue weighted by molar-refractivity contribution is 7.89. The van der Waals surface area contributed by atoms with Crippen molar-refractivity contribution < 1.29 is 23.0 Å². The second kappa shape index (κ2) is 8.33. The van der Waals surface area contributed by atoms with Gasteiger partial charge in [0.1, 0.15) is 12.4 Å². The Bertz CT molecular complexity index is 515. The minimum Gasteiger partial charge on any atom is -0.491 e. The van der Waals surface area contributed by atoms with Gasteiger partial charge in [-0.1, -0.05) is 6.92 Å². The lowest BCUT2D eigenvalue weighted by atomic mass is 10.1. The molecule has 0 saturated carbocycles. The fraction of sp³-hybridized carbons (Fsp3) is 0.571. The maximum absolute atomic E-state index is 12.2. The van der Waals surface area contributed by atoms with Crippen molar-refractivity contribution in [3.8, 4) is 5.75 Å². The molecule has 0 saturated heterocycles. The highest BCUT2D eigenvalue weighted by Gasteiger charge is 2.20. The predicted octanol–water partition coefficient (Wildman–Crippen LogP) is 1.01. The normalized spacial score (nSPS) is 14.7. The van der Waals surface area contributed by atoms with Crippen LogP contribution in [-0.4, -0.2) is 46.5 Å². The Kier molecular flexibility index (Phi) is 7.10. The van der Waals surface area contributed by atoms with Crippen LogP contribution < -0.4 is 9.46 Å². The zero-order valence-corrected chi connectivity index (χ0v) is 13.4. The summed E-state index contributed by atoms with van der Waals surface area (Å²) in [4.78, 5) is 0.165. The van der Waals surface area contributed by atoms with Crippen molar-refractivity contribution in [3.63, 3.8) is 0 Å². The fourth-order valence-corrected chi connectivity index (χ4v) is 2.90. The van der Waals surface area contributed by atoms with Crippen molar-refractivity contribution in [1.29, 1.82) is 0 Å². The van der Waals surface area contributed by atoms with Crippen LogP contribution in [0.15, 0.2) is 29.2 Å². The number of benzene rings is 1. The van der Waals surface area contributed by atoms with E-state index in [9.17, 15) is 8.42 Å². The average Bonchev–Trinajstić information content (AvgIpc) is 2.46. The summed E-state index contributed by atoms with van der Waals surface area (Å²) in [6.45, 7) is 4.31. The molecule has 0 spiro atoms. The third kappa shape index (κ3) is 5.62. The molecule has 0 heterocycles. The molecule has 0 amide bonds. The van der Waals surface area contributed by atoms with E-state index in [1.54, 1.807) is 33.1 Å². The molecule has 1 aromatic carbocycles. The number of hydrogen-bond donors (Lipinski definition) is 2. The van der Waals surface area contributed by atoms with Gasteiger partial charge in [0.15, 0.2) is 0 Å². The summed E-state index contributed by atoms with van der Waals surface area (Å²) < 4.78 is 37.2. The lowest BCUT2D eigenvalue weighted by Gasteiger charge is -2.19. The van der Waals surface area contributed by atoms with Crippen LogP contribution in [0.5, 0.6) is 5.75 Å². The maximum Gasteiger partial charge on any atom is 0.240 e. The Labute approximate surface area is 126 Å². The molecule has 0 aliphatic heterocycles. The first-order chi connectivity index (χ1) is 9.90. The molecule has 6 nitrogen and oxygen atoms in total. The molecule has 2 unspecified atom stereocenters. The molecule has 0 aliphatic rings. The first-order valence-corrected chi connectivity index (χ1v) is 8.24. The first-order valence-electron chi connectivity index (χ1n) is 6.75. The number of hydrogen-bond acceptors (Lipinski definition) is 5. The van der Waals surface area contributed by atoms with Crippen molar-refractivity contribution in [2.24, 2.45) is 5.92 Å². The molecule has 0 fully saturated rings. The Hall–Kier alpha value is -1.15. The highest BCUT2D eigenvalue weighted by atomic mass is 32.2. The summed E-state index contributed by atoms with van der Waals surface area (Å²) in [5.41, 5.74) is 0. The van der Waals surface area contributed by atoms with Crippen LogP contribution >= 0.6 is 0 Å². The van der Waals surface area contributed by atoms with Crippen LogP contribution in [0.2, 0.25) is 0 Å². The van der Waals surface area contributed by atoms with Gasteiger partial charge >= 0.3 is 0 Å². The molecule has 7 heteroatoms. The lowest BCUT2D eigenvalue weighted by molar-refractivity contribution is 0.146. The number of methoxy groups -OCH3 is 1. The molecule has 120 valence electrons. The molecular formula is C14H23NO5S. The van der Waals surface area contributed by atoms with Gasteiger partial charge in [0, 0.05) is 19.8 Å². The number of ether oxygens (including phenoxy) is 2. The largest absolute Gasteiger partial charge is 0.491 e. The van der Waals surface area contributed by atoms with Crippen LogP contribution in [0.3, 0.4) is 0 Å². The van der Waals surface area contributed by atoms with Gasteiger partial charge in [-0.3, -0.25) is 0 Å². The summed E-state index contributed by atoms with van der Waals surface area (Å²) in [6.07, 6.45) is 0. The van der Waals surface area contributed by atoms with Crippen molar-refractivity contribution in [3.05, 3.63) is 24.3 Å². The van der Waals surface area contributed by atoms with Gasteiger partial charge in [-0.05, 0) is 37.1 Å². The molecule has 1 aromatic rings. The van der Waals surface area contributed by atoms with E-state index in [0.29, 0.717) is 19.0 Å². The monoisotopic (exact) mass is 317 g/mol. The van der Waals surface area contributed by atoms with Crippen molar-refractivity contribution in [2.75, 3.05) is 26.9 Å². The number of sulfonamides is 1. The van der Waals surface area contributed by atoms with Crippen molar-refractivity contribution >= 4 is 10.0 Å². The van der Waals surface area contributed by atoms with Crippen LogP contribution in [0.1, 0.15) is 13.8 Å². The maximum atomic E-state index is 12.2.